The highest BCUT2D eigenvalue weighted by atomic mass is 16.5. The Labute approximate surface area is 146 Å². The number of likely N-dealkylation sites (N-methyl/N-ethyl adjacent to an activating group) is 1. The zero-order valence-electron chi connectivity index (χ0n) is 15.4. The van der Waals surface area contributed by atoms with E-state index in [2.05, 4.69) is 54.5 Å². The zero-order valence-corrected chi connectivity index (χ0v) is 15.4. The molecule has 1 heterocycles. The molecule has 1 saturated heterocycles. The molecule has 1 aromatic rings. The van der Waals surface area contributed by atoms with E-state index in [4.69, 9.17) is 9.47 Å². The average Bonchev–Trinajstić information content (AvgIpc) is 3.31. The van der Waals surface area contributed by atoms with Crippen LogP contribution in [-0.4, -0.2) is 51.0 Å². The van der Waals surface area contributed by atoms with E-state index in [-0.39, 0.29) is 12.2 Å². The molecule has 24 heavy (non-hydrogen) atoms. The van der Waals surface area contributed by atoms with Crippen molar-refractivity contribution in [2.75, 3.05) is 27.9 Å². The molecule has 4 heteroatoms. The number of methoxy groups -OCH3 is 1. The normalized spacial score (nSPS) is 29.9. The van der Waals surface area contributed by atoms with Gasteiger partial charge in [0.05, 0.1) is 18.9 Å². The van der Waals surface area contributed by atoms with Gasteiger partial charge in [0, 0.05) is 19.2 Å². The molecule has 0 amide bonds. The number of fused-ring (bicyclic) bond motifs is 1. The second-order valence-corrected chi connectivity index (χ2v) is 7.51. The van der Waals surface area contributed by atoms with E-state index in [0.717, 1.165) is 18.4 Å². The summed E-state index contributed by atoms with van der Waals surface area (Å²) in [7, 11) is 6.05. The quantitative estimate of drug-likeness (QED) is 0.705. The molecule has 4 nitrogen and oxygen atoms in total. The average molecular weight is 332 g/mol. The van der Waals surface area contributed by atoms with Gasteiger partial charge in [-0.3, -0.25) is 10.2 Å². The third-order valence-corrected chi connectivity index (χ3v) is 5.86. The summed E-state index contributed by atoms with van der Waals surface area (Å²) in [5, 5.41) is 3.10. The first-order valence-corrected chi connectivity index (χ1v) is 9.21. The molecule has 2 fully saturated rings. The Balaban J connectivity index is 1.66. The first-order valence-electron chi connectivity index (χ1n) is 9.21. The van der Waals surface area contributed by atoms with Crippen LogP contribution in [0, 0.1) is 11.8 Å². The maximum Gasteiger partial charge on any atom is 0.0971 e. The van der Waals surface area contributed by atoms with Crippen LogP contribution in [0.2, 0.25) is 0 Å². The number of hydrogen-bond donors (Lipinski definition) is 1. The smallest absolute Gasteiger partial charge is 0.0971 e. The monoisotopic (exact) mass is 332 g/mol. The summed E-state index contributed by atoms with van der Waals surface area (Å²) in [6.07, 6.45) is 4.07. The van der Waals surface area contributed by atoms with Crippen LogP contribution in [0.15, 0.2) is 30.3 Å². The van der Waals surface area contributed by atoms with Crippen LogP contribution in [0.1, 0.15) is 37.9 Å². The Morgan fingerprint density at radius 1 is 1.25 bits per heavy atom. The number of likely N-dealkylation sites (tertiary alicyclic amines) is 1. The maximum atomic E-state index is 6.12. The highest BCUT2D eigenvalue weighted by Gasteiger charge is 2.52. The number of ether oxygens (including phenoxy) is 2. The number of hydrogen-bond acceptors (Lipinski definition) is 4. The molecule has 0 radical (unpaired) electrons. The molecular weight excluding hydrogens is 300 g/mol. The summed E-state index contributed by atoms with van der Waals surface area (Å²) in [5.74, 6) is 1.31. The van der Waals surface area contributed by atoms with E-state index in [1.165, 1.54) is 18.4 Å². The molecule has 1 aliphatic heterocycles. The number of rotatable bonds is 9. The van der Waals surface area contributed by atoms with E-state index in [1.807, 2.05) is 14.2 Å². The molecule has 1 aromatic carbocycles. The minimum Gasteiger partial charge on any atom is -0.380 e. The third kappa shape index (κ3) is 3.83. The number of nitrogens with zero attached hydrogens (tertiary/aromatic N) is 1. The van der Waals surface area contributed by atoms with Gasteiger partial charge >= 0.3 is 0 Å². The number of piperidine rings is 1. The number of benzene rings is 1. The van der Waals surface area contributed by atoms with Crippen LogP contribution >= 0.6 is 0 Å². The van der Waals surface area contributed by atoms with Crippen molar-refractivity contribution in [2.45, 2.75) is 50.5 Å². The van der Waals surface area contributed by atoms with Gasteiger partial charge in [0.15, 0.2) is 0 Å². The van der Waals surface area contributed by atoms with Gasteiger partial charge in [-0.1, -0.05) is 37.3 Å². The predicted octanol–water partition coefficient (Wildman–Crippen LogP) is 3.06. The molecule has 1 N–H and O–H groups in total. The Morgan fingerprint density at radius 2 is 2.00 bits per heavy atom. The topological polar surface area (TPSA) is 33.7 Å². The highest BCUT2D eigenvalue weighted by molar-refractivity contribution is 5.18. The zero-order chi connectivity index (χ0) is 17.1. The van der Waals surface area contributed by atoms with Crippen LogP contribution < -0.4 is 5.32 Å². The molecule has 134 valence electrons. The Kier molecular flexibility index (Phi) is 5.93. The first kappa shape index (κ1) is 17.9. The third-order valence-electron chi connectivity index (χ3n) is 5.86. The van der Waals surface area contributed by atoms with Gasteiger partial charge in [0.25, 0.3) is 0 Å². The van der Waals surface area contributed by atoms with Gasteiger partial charge in [0.2, 0.25) is 0 Å². The molecule has 1 saturated carbocycles. The van der Waals surface area contributed by atoms with E-state index in [0.29, 0.717) is 18.7 Å². The van der Waals surface area contributed by atoms with Crippen molar-refractivity contribution in [1.29, 1.82) is 0 Å². The van der Waals surface area contributed by atoms with Crippen molar-refractivity contribution in [3.05, 3.63) is 35.9 Å². The van der Waals surface area contributed by atoms with Crippen LogP contribution in [0.3, 0.4) is 0 Å². The largest absolute Gasteiger partial charge is 0.380 e. The van der Waals surface area contributed by atoms with Gasteiger partial charge in [-0.25, -0.2) is 0 Å². The summed E-state index contributed by atoms with van der Waals surface area (Å²) in [4.78, 5) is 2.55. The van der Waals surface area contributed by atoms with Crippen molar-refractivity contribution < 1.29 is 9.47 Å². The lowest BCUT2D eigenvalue weighted by Crippen LogP contribution is -2.41. The minimum atomic E-state index is 0.0949. The van der Waals surface area contributed by atoms with Crippen molar-refractivity contribution in [3.63, 3.8) is 0 Å². The van der Waals surface area contributed by atoms with Crippen molar-refractivity contribution >= 4 is 0 Å². The maximum absolute atomic E-state index is 6.12. The summed E-state index contributed by atoms with van der Waals surface area (Å²) in [6.45, 7) is 2.85. The lowest BCUT2D eigenvalue weighted by molar-refractivity contribution is -0.0319. The van der Waals surface area contributed by atoms with Gasteiger partial charge in [-0.15, -0.1) is 0 Å². The molecule has 5 unspecified atom stereocenters. The van der Waals surface area contributed by atoms with Crippen LogP contribution in [0.5, 0.6) is 0 Å². The molecule has 2 aliphatic rings. The second kappa shape index (κ2) is 7.96. The van der Waals surface area contributed by atoms with E-state index in [9.17, 15) is 0 Å². The second-order valence-electron chi connectivity index (χ2n) is 7.51. The number of nitrogens with one attached hydrogen (secondary N) is 1. The molecule has 6 atom stereocenters. The van der Waals surface area contributed by atoms with E-state index in [1.54, 1.807) is 0 Å². The van der Waals surface area contributed by atoms with Gasteiger partial charge in [0.1, 0.15) is 0 Å². The fourth-order valence-electron chi connectivity index (χ4n) is 4.43. The Morgan fingerprint density at radius 3 is 2.58 bits per heavy atom. The highest BCUT2D eigenvalue weighted by Crippen LogP contribution is 2.48. The van der Waals surface area contributed by atoms with E-state index >= 15 is 0 Å². The van der Waals surface area contributed by atoms with Crippen molar-refractivity contribution in [2.24, 2.45) is 11.8 Å². The van der Waals surface area contributed by atoms with Crippen LogP contribution in [0.25, 0.3) is 0 Å². The molecular formula is C20H32N2O2. The van der Waals surface area contributed by atoms with Crippen molar-refractivity contribution in [3.8, 4) is 0 Å². The molecule has 1 aliphatic carbocycles. The summed E-state index contributed by atoms with van der Waals surface area (Å²) in [6, 6.07) is 11.9. The summed E-state index contributed by atoms with van der Waals surface area (Å²) in [5.41, 5.74) is 1.25. The Bertz CT molecular complexity index is 510. The van der Waals surface area contributed by atoms with Crippen LogP contribution in [-0.2, 0) is 9.47 Å². The van der Waals surface area contributed by atoms with Gasteiger partial charge < -0.3 is 9.47 Å². The van der Waals surface area contributed by atoms with Gasteiger partial charge in [-0.2, -0.15) is 0 Å². The standard InChI is InChI=1S/C20H32N2O2/c1-14(20(24-13-21-2)15-8-6-5-7-9-15)10-19(23-4)18-12-16-11-17(16)22(18)3/h5-9,14,16-21H,10-13H2,1-4H3/t14-,16?,17?,18?,19?,20?/m0/s1. The molecule has 0 spiro atoms. The van der Waals surface area contributed by atoms with Crippen LogP contribution in [0.4, 0.5) is 0 Å². The Hall–Kier alpha value is -0.940. The van der Waals surface area contributed by atoms with Gasteiger partial charge in [-0.05, 0) is 50.8 Å². The van der Waals surface area contributed by atoms with E-state index < -0.39 is 0 Å². The molecule has 0 bridgehead atoms. The first-order chi connectivity index (χ1) is 11.7. The predicted molar refractivity (Wildman–Crippen MR) is 96.8 cm³/mol. The molecule has 3 rings (SSSR count). The lowest BCUT2D eigenvalue weighted by atomic mass is 9.89. The molecule has 0 aromatic heterocycles. The summed E-state index contributed by atoms with van der Waals surface area (Å²) >= 11 is 0. The fraction of sp³-hybridized carbons (Fsp3) is 0.700. The van der Waals surface area contributed by atoms with Crippen molar-refractivity contribution in [1.82, 2.24) is 10.2 Å². The SMILES string of the molecule is CNCOC(c1ccccc1)[C@@H](C)CC(OC)C1CC2CC2N1C. The lowest BCUT2D eigenvalue weighted by Gasteiger charge is -2.34. The minimum absolute atomic E-state index is 0.0949. The summed E-state index contributed by atoms with van der Waals surface area (Å²) < 4.78 is 12.0. The fourth-order valence-corrected chi connectivity index (χ4v) is 4.43.